The first kappa shape index (κ1) is 9.42. The molecule has 16 heavy (non-hydrogen) atoms. The summed E-state index contributed by atoms with van der Waals surface area (Å²) in [6.45, 7) is 1.47. The number of hydrogen-bond acceptors (Lipinski definition) is 3. The molecule has 0 saturated heterocycles. The second-order valence-corrected chi connectivity index (χ2v) is 3.94. The Bertz CT molecular complexity index is 519. The van der Waals surface area contributed by atoms with Gasteiger partial charge in [-0.2, -0.15) is 5.10 Å². The third-order valence-corrected chi connectivity index (χ3v) is 2.99. The summed E-state index contributed by atoms with van der Waals surface area (Å²) in [5.41, 5.74) is 10.6. The van der Waals surface area contributed by atoms with Crippen LogP contribution in [0.1, 0.15) is 11.1 Å². The Morgan fingerprint density at radius 3 is 3.06 bits per heavy atom. The normalized spacial score (nSPS) is 14.8. The van der Waals surface area contributed by atoms with Gasteiger partial charge in [-0.3, -0.25) is 5.10 Å². The Hall–Kier alpha value is -1.81. The topological polar surface area (TPSA) is 63.9 Å². The van der Waals surface area contributed by atoms with Crippen molar-refractivity contribution in [3.63, 3.8) is 0 Å². The minimum absolute atomic E-state index is 0.625. The molecular weight excluding hydrogens is 202 g/mol. The minimum atomic E-state index is 0.625. The fraction of sp³-hybridized carbons (Fsp3) is 0.250. The Morgan fingerprint density at radius 2 is 2.25 bits per heavy atom. The molecule has 4 heteroatoms. The van der Waals surface area contributed by atoms with Crippen LogP contribution >= 0.6 is 0 Å². The van der Waals surface area contributed by atoms with Crippen LogP contribution in [0.3, 0.4) is 0 Å². The van der Waals surface area contributed by atoms with Gasteiger partial charge in [0, 0.05) is 5.56 Å². The predicted octanol–water partition coefficient (Wildman–Crippen LogP) is 1.73. The van der Waals surface area contributed by atoms with Crippen LogP contribution in [-0.2, 0) is 17.8 Å². The summed E-state index contributed by atoms with van der Waals surface area (Å²) in [5, 5.41) is 6.74. The highest BCUT2D eigenvalue weighted by atomic mass is 16.5. The molecule has 1 aliphatic rings. The molecule has 1 aliphatic heterocycles. The number of aromatic amines is 1. The van der Waals surface area contributed by atoms with Gasteiger partial charge in [-0.1, -0.05) is 18.2 Å². The Labute approximate surface area is 93.4 Å². The van der Waals surface area contributed by atoms with Gasteiger partial charge in [0.1, 0.15) is 5.82 Å². The van der Waals surface area contributed by atoms with Gasteiger partial charge in [0.15, 0.2) is 0 Å². The molecule has 0 amide bonds. The lowest BCUT2D eigenvalue weighted by Crippen LogP contribution is -2.11. The van der Waals surface area contributed by atoms with Crippen molar-refractivity contribution in [3.05, 3.63) is 35.5 Å². The van der Waals surface area contributed by atoms with E-state index >= 15 is 0 Å². The van der Waals surface area contributed by atoms with Crippen molar-refractivity contribution in [1.82, 2.24) is 10.2 Å². The van der Waals surface area contributed by atoms with Gasteiger partial charge in [-0.15, -0.1) is 0 Å². The van der Waals surface area contributed by atoms with E-state index in [1.54, 1.807) is 6.20 Å². The summed E-state index contributed by atoms with van der Waals surface area (Å²) >= 11 is 0. The first-order valence-corrected chi connectivity index (χ1v) is 5.34. The molecule has 1 aromatic heterocycles. The number of aromatic nitrogens is 2. The van der Waals surface area contributed by atoms with Crippen LogP contribution in [0, 0.1) is 0 Å². The molecule has 0 unspecified atom stereocenters. The van der Waals surface area contributed by atoms with Crippen molar-refractivity contribution in [2.75, 3.05) is 12.3 Å². The van der Waals surface area contributed by atoms with Crippen molar-refractivity contribution in [2.24, 2.45) is 0 Å². The highest BCUT2D eigenvalue weighted by molar-refractivity contribution is 5.76. The monoisotopic (exact) mass is 215 g/mol. The number of nitrogens with one attached hydrogen (secondary N) is 1. The van der Waals surface area contributed by atoms with Gasteiger partial charge >= 0.3 is 0 Å². The number of rotatable bonds is 1. The van der Waals surface area contributed by atoms with Crippen LogP contribution in [0.4, 0.5) is 5.82 Å². The van der Waals surface area contributed by atoms with Gasteiger partial charge < -0.3 is 10.5 Å². The zero-order valence-corrected chi connectivity index (χ0v) is 8.86. The fourth-order valence-corrected chi connectivity index (χ4v) is 2.18. The van der Waals surface area contributed by atoms with E-state index in [1.165, 1.54) is 16.7 Å². The van der Waals surface area contributed by atoms with Crippen molar-refractivity contribution in [1.29, 1.82) is 0 Å². The number of nitrogen functional groups attached to an aromatic ring is 1. The molecule has 0 bridgehead atoms. The molecule has 3 N–H and O–H groups in total. The quantitative estimate of drug-likeness (QED) is 0.761. The maximum atomic E-state index is 5.86. The highest BCUT2D eigenvalue weighted by Gasteiger charge is 2.16. The van der Waals surface area contributed by atoms with Gasteiger partial charge in [0.2, 0.25) is 0 Å². The number of anilines is 1. The number of H-pyrrole nitrogens is 1. The molecule has 1 aromatic carbocycles. The molecule has 0 fully saturated rings. The predicted molar refractivity (Wildman–Crippen MR) is 61.8 cm³/mol. The van der Waals surface area contributed by atoms with Gasteiger partial charge in [-0.05, 0) is 23.1 Å². The highest BCUT2D eigenvalue weighted by Crippen LogP contribution is 2.31. The largest absolute Gasteiger partial charge is 0.384 e. The Kier molecular flexibility index (Phi) is 2.15. The van der Waals surface area contributed by atoms with Crippen LogP contribution < -0.4 is 5.73 Å². The van der Waals surface area contributed by atoms with E-state index in [4.69, 9.17) is 10.5 Å². The van der Waals surface area contributed by atoms with E-state index in [-0.39, 0.29) is 0 Å². The van der Waals surface area contributed by atoms with Crippen LogP contribution in [0.25, 0.3) is 11.1 Å². The zero-order valence-electron chi connectivity index (χ0n) is 8.86. The van der Waals surface area contributed by atoms with E-state index < -0.39 is 0 Å². The number of nitrogens with zero attached hydrogens (tertiary/aromatic N) is 1. The third-order valence-electron chi connectivity index (χ3n) is 2.99. The van der Waals surface area contributed by atoms with Gasteiger partial charge in [0.05, 0.1) is 19.4 Å². The third kappa shape index (κ3) is 1.39. The van der Waals surface area contributed by atoms with Crippen molar-refractivity contribution < 1.29 is 4.74 Å². The summed E-state index contributed by atoms with van der Waals surface area (Å²) in [5.74, 6) is 0.625. The zero-order chi connectivity index (χ0) is 11.0. The molecule has 2 aromatic rings. The number of hydrogen-bond donors (Lipinski definition) is 2. The van der Waals surface area contributed by atoms with Crippen molar-refractivity contribution >= 4 is 5.82 Å². The summed E-state index contributed by atoms with van der Waals surface area (Å²) in [6.07, 6.45) is 2.72. The van der Waals surface area contributed by atoms with Crippen molar-refractivity contribution in [2.45, 2.75) is 13.0 Å². The van der Waals surface area contributed by atoms with Crippen molar-refractivity contribution in [3.8, 4) is 11.1 Å². The maximum Gasteiger partial charge on any atom is 0.126 e. The first-order valence-electron chi connectivity index (χ1n) is 5.34. The van der Waals surface area contributed by atoms with E-state index in [0.717, 1.165) is 18.6 Å². The lowest BCUT2D eigenvalue weighted by molar-refractivity contribution is 0.111. The maximum absolute atomic E-state index is 5.86. The lowest BCUT2D eigenvalue weighted by atomic mass is 9.94. The second kappa shape index (κ2) is 3.64. The number of fused-ring (bicyclic) bond motifs is 1. The molecule has 3 rings (SSSR count). The minimum Gasteiger partial charge on any atom is -0.384 e. The summed E-state index contributed by atoms with van der Waals surface area (Å²) in [4.78, 5) is 0. The molecular formula is C12H13N3O. The summed E-state index contributed by atoms with van der Waals surface area (Å²) < 4.78 is 5.44. The first-order chi connectivity index (χ1) is 7.86. The van der Waals surface area contributed by atoms with E-state index in [1.807, 2.05) is 6.07 Å². The van der Waals surface area contributed by atoms with E-state index in [9.17, 15) is 0 Å². The average Bonchev–Trinajstić information content (AvgIpc) is 2.75. The second-order valence-electron chi connectivity index (χ2n) is 3.94. The number of benzene rings is 1. The average molecular weight is 215 g/mol. The smallest absolute Gasteiger partial charge is 0.126 e. The summed E-state index contributed by atoms with van der Waals surface area (Å²) in [6, 6.07) is 6.23. The standard InChI is InChI=1S/C12H13N3O/c13-12-11(6-14-15-12)10-3-1-2-8-7-16-5-4-9(8)10/h1-3,6H,4-5,7H2,(H3,13,14,15). The Balaban J connectivity index is 2.18. The van der Waals surface area contributed by atoms with Crippen LogP contribution in [0.15, 0.2) is 24.4 Å². The number of nitrogens with two attached hydrogens (primary N) is 1. The Morgan fingerprint density at radius 1 is 1.31 bits per heavy atom. The van der Waals surface area contributed by atoms with Crippen LogP contribution in [0.5, 0.6) is 0 Å². The molecule has 4 nitrogen and oxygen atoms in total. The molecule has 2 heterocycles. The van der Waals surface area contributed by atoms with E-state index in [2.05, 4.69) is 22.3 Å². The van der Waals surface area contributed by atoms with Crippen LogP contribution in [-0.4, -0.2) is 16.8 Å². The van der Waals surface area contributed by atoms with E-state index in [0.29, 0.717) is 12.4 Å². The molecule has 0 aliphatic carbocycles. The molecule has 0 atom stereocenters. The SMILES string of the molecule is Nc1[nH]ncc1-c1cccc2c1CCOC2. The van der Waals surface area contributed by atoms with Gasteiger partial charge in [-0.25, -0.2) is 0 Å². The summed E-state index contributed by atoms with van der Waals surface area (Å²) in [7, 11) is 0. The molecule has 0 spiro atoms. The fourth-order valence-electron chi connectivity index (χ4n) is 2.18. The van der Waals surface area contributed by atoms with Gasteiger partial charge in [0.25, 0.3) is 0 Å². The lowest BCUT2D eigenvalue weighted by Gasteiger charge is -2.19. The molecule has 0 saturated carbocycles. The van der Waals surface area contributed by atoms with Crippen LogP contribution in [0.2, 0.25) is 0 Å². The molecule has 0 radical (unpaired) electrons. The number of ether oxygens (including phenoxy) is 1. The molecule has 82 valence electrons.